The van der Waals surface area contributed by atoms with Crippen LogP contribution in [0.3, 0.4) is 0 Å². The van der Waals surface area contributed by atoms with Gasteiger partial charge in [0.25, 0.3) is 0 Å². The molecule has 0 heterocycles. The van der Waals surface area contributed by atoms with E-state index in [0.717, 1.165) is 0 Å². The average Bonchev–Trinajstić information content (AvgIpc) is 2.27. The fourth-order valence-electron chi connectivity index (χ4n) is 1.24. The number of thiol groups is 1. The van der Waals surface area contributed by atoms with Crippen LogP contribution in [0.4, 0.5) is 0 Å². The van der Waals surface area contributed by atoms with Gasteiger partial charge in [-0.05, 0) is 12.5 Å². The molecule has 15 heavy (non-hydrogen) atoms. The number of hydrogen-bond donors (Lipinski definition) is 3. The van der Waals surface area contributed by atoms with Gasteiger partial charge >= 0.3 is 0 Å². The first-order valence-electron chi connectivity index (χ1n) is 4.64. The minimum Gasteiger partial charge on any atom is -0.389 e. The average molecular weight is 226 g/mol. The van der Waals surface area contributed by atoms with Crippen molar-refractivity contribution in [3.63, 3.8) is 0 Å². The molecule has 0 aromatic heterocycles. The number of aliphatic hydroxyl groups excluding tert-OH is 2. The lowest BCUT2D eigenvalue weighted by Gasteiger charge is -2.16. The number of carbonyl (C=O) groups is 1. The molecular formula is C11H14O3S. The standard InChI is InChI=1S/C11H14O3S/c1-7(12)8-2-4-9(5-3-8)11(14)10(13)6-15/h2-5,10-11,13-15H,6H2,1H3. The smallest absolute Gasteiger partial charge is 0.159 e. The molecule has 1 aromatic rings. The van der Waals surface area contributed by atoms with Crippen molar-refractivity contribution in [1.82, 2.24) is 0 Å². The van der Waals surface area contributed by atoms with Gasteiger partial charge in [0.2, 0.25) is 0 Å². The second-order valence-electron chi connectivity index (χ2n) is 3.37. The number of ketones is 1. The van der Waals surface area contributed by atoms with Crippen LogP contribution in [0.2, 0.25) is 0 Å². The molecule has 2 N–H and O–H groups in total. The molecule has 2 unspecified atom stereocenters. The Hall–Kier alpha value is -0.840. The molecule has 0 bridgehead atoms. The van der Waals surface area contributed by atoms with Crippen LogP contribution in [0.25, 0.3) is 0 Å². The van der Waals surface area contributed by atoms with Gasteiger partial charge in [-0.2, -0.15) is 12.6 Å². The van der Waals surface area contributed by atoms with E-state index in [-0.39, 0.29) is 11.5 Å². The van der Waals surface area contributed by atoms with Gasteiger partial charge in [0.15, 0.2) is 5.78 Å². The van der Waals surface area contributed by atoms with E-state index in [0.29, 0.717) is 11.1 Å². The van der Waals surface area contributed by atoms with Gasteiger partial charge < -0.3 is 10.2 Å². The molecule has 0 aliphatic heterocycles. The highest BCUT2D eigenvalue weighted by atomic mass is 32.1. The van der Waals surface area contributed by atoms with Crippen LogP contribution in [0.1, 0.15) is 28.9 Å². The highest BCUT2D eigenvalue weighted by Crippen LogP contribution is 2.18. The summed E-state index contributed by atoms with van der Waals surface area (Å²) in [5, 5.41) is 19.0. The van der Waals surface area contributed by atoms with E-state index in [4.69, 9.17) is 0 Å². The molecule has 1 aromatic carbocycles. The van der Waals surface area contributed by atoms with Crippen LogP contribution in [0.15, 0.2) is 24.3 Å². The molecule has 0 aliphatic carbocycles. The summed E-state index contributed by atoms with van der Waals surface area (Å²) in [6.07, 6.45) is -1.85. The van der Waals surface area contributed by atoms with Gasteiger partial charge in [0.05, 0.1) is 6.10 Å². The van der Waals surface area contributed by atoms with Crippen molar-refractivity contribution in [3.05, 3.63) is 35.4 Å². The Kier molecular flexibility index (Phi) is 4.32. The first-order valence-corrected chi connectivity index (χ1v) is 5.27. The number of hydrogen-bond acceptors (Lipinski definition) is 4. The summed E-state index contributed by atoms with van der Waals surface area (Å²) in [5.74, 6) is 0.168. The number of aliphatic hydroxyl groups is 2. The zero-order valence-electron chi connectivity index (χ0n) is 8.42. The van der Waals surface area contributed by atoms with Gasteiger partial charge in [-0.25, -0.2) is 0 Å². The van der Waals surface area contributed by atoms with E-state index in [1.807, 2.05) is 0 Å². The monoisotopic (exact) mass is 226 g/mol. The van der Waals surface area contributed by atoms with E-state index >= 15 is 0 Å². The lowest BCUT2D eigenvalue weighted by atomic mass is 10.0. The summed E-state index contributed by atoms with van der Waals surface area (Å²) in [6, 6.07) is 6.53. The van der Waals surface area contributed by atoms with E-state index in [2.05, 4.69) is 12.6 Å². The number of Topliss-reactive ketones (excluding diaryl/α,β-unsaturated/α-hetero) is 1. The molecule has 0 radical (unpaired) electrons. The zero-order valence-corrected chi connectivity index (χ0v) is 9.32. The van der Waals surface area contributed by atoms with Crippen molar-refractivity contribution >= 4 is 18.4 Å². The van der Waals surface area contributed by atoms with E-state index in [1.54, 1.807) is 24.3 Å². The minimum atomic E-state index is -0.955. The maximum Gasteiger partial charge on any atom is 0.159 e. The van der Waals surface area contributed by atoms with Gasteiger partial charge in [0.1, 0.15) is 6.10 Å². The Morgan fingerprint density at radius 3 is 2.27 bits per heavy atom. The fourth-order valence-corrected chi connectivity index (χ4v) is 1.44. The molecule has 0 fully saturated rings. The fraction of sp³-hybridized carbons (Fsp3) is 0.364. The second-order valence-corrected chi connectivity index (χ2v) is 3.74. The Balaban J connectivity index is 2.84. The van der Waals surface area contributed by atoms with Crippen LogP contribution >= 0.6 is 12.6 Å². The topological polar surface area (TPSA) is 57.5 Å². The largest absolute Gasteiger partial charge is 0.389 e. The first kappa shape index (κ1) is 12.2. The molecule has 3 nitrogen and oxygen atoms in total. The van der Waals surface area contributed by atoms with Crippen LogP contribution in [0, 0.1) is 0 Å². The Labute approximate surface area is 94.2 Å². The van der Waals surface area contributed by atoms with Gasteiger partial charge in [-0.15, -0.1) is 0 Å². The van der Waals surface area contributed by atoms with Gasteiger partial charge in [0, 0.05) is 11.3 Å². The molecule has 0 aliphatic rings. The number of carbonyl (C=O) groups excluding carboxylic acids is 1. The second kappa shape index (κ2) is 5.30. The summed E-state index contributed by atoms with van der Waals surface area (Å²) < 4.78 is 0. The molecular weight excluding hydrogens is 212 g/mol. The van der Waals surface area contributed by atoms with Gasteiger partial charge in [-0.3, -0.25) is 4.79 Å². The summed E-state index contributed by atoms with van der Waals surface area (Å²) in [5.41, 5.74) is 1.17. The summed E-state index contributed by atoms with van der Waals surface area (Å²) in [4.78, 5) is 11.0. The van der Waals surface area contributed by atoms with Crippen molar-refractivity contribution < 1.29 is 15.0 Å². The lowest BCUT2D eigenvalue weighted by molar-refractivity contribution is 0.0337. The molecule has 1 rings (SSSR count). The van der Waals surface area contributed by atoms with E-state index < -0.39 is 12.2 Å². The molecule has 0 spiro atoms. The summed E-state index contributed by atoms with van der Waals surface area (Å²) >= 11 is 3.89. The summed E-state index contributed by atoms with van der Waals surface area (Å²) in [7, 11) is 0. The van der Waals surface area contributed by atoms with E-state index in [9.17, 15) is 15.0 Å². The van der Waals surface area contributed by atoms with Crippen LogP contribution in [-0.4, -0.2) is 27.9 Å². The third kappa shape index (κ3) is 3.06. The predicted octanol–water partition coefficient (Wildman–Crippen LogP) is 1.21. The maximum absolute atomic E-state index is 11.0. The molecule has 0 saturated heterocycles. The van der Waals surface area contributed by atoms with Crippen molar-refractivity contribution in [3.8, 4) is 0 Å². The molecule has 4 heteroatoms. The summed E-state index contributed by atoms with van der Waals surface area (Å²) in [6.45, 7) is 1.48. The van der Waals surface area contributed by atoms with Crippen LogP contribution < -0.4 is 0 Å². The van der Waals surface area contributed by atoms with Crippen molar-refractivity contribution in [2.75, 3.05) is 5.75 Å². The number of rotatable bonds is 4. The maximum atomic E-state index is 11.0. The third-order valence-corrected chi connectivity index (χ3v) is 2.58. The quantitative estimate of drug-likeness (QED) is 0.534. The van der Waals surface area contributed by atoms with Crippen molar-refractivity contribution in [1.29, 1.82) is 0 Å². The molecule has 82 valence electrons. The SMILES string of the molecule is CC(=O)c1ccc(C(O)C(O)CS)cc1. The number of benzene rings is 1. The van der Waals surface area contributed by atoms with Crippen LogP contribution in [-0.2, 0) is 0 Å². The van der Waals surface area contributed by atoms with Crippen molar-refractivity contribution in [2.45, 2.75) is 19.1 Å². The third-order valence-electron chi connectivity index (χ3n) is 2.21. The predicted molar refractivity (Wildman–Crippen MR) is 61.3 cm³/mol. The molecule has 0 amide bonds. The Bertz CT molecular complexity index is 334. The van der Waals surface area contributed by atoms with Crippen LogP contribution in [0.5, 0.6) is 0 Å². The molecule has 0 saturated carbocycles. The Morgan fingerprint density at radius 2 is 1.87 bits per heavy atom. The van der Waals surface area contributed by atoms with Gasteiger partial charge in [-0.1, -0.05) is 24.3 Å². The van der Waals surface area contributed by atoms with E-state index in [1.165, 1.54) is 6.92 Å². The van der Waals surface area contributed by atoms with Crippen molar-refractivity contribution in [2.24, 2.45) is 0 Å². The zero-order chi connectivity index (χ0) is 11.4. The highest BCUT2D eigenvalue weighted by molar-refractivity contribution is 7.80. The Morgan fingerprint density at radius 1 is 1.33 bits per heavy atom. The minimum absolute atomic E-state index is 0.0224. The normalized spacial score (nSPS) is 14.7. The first-order chi connectivity index (χ1) is 7.06. The molecule has 2 atom stereocenters. The lowest BCUT2D eigenvalue weighted by Crippen LogP contribution is -2.19. The highest BCUT2D eigenvalue weighted by Gasteiger charge is 2.16.